The van der Waals surface area contributed by atoms with Crippen LogP contribution in [0.25, 0.3) is 10.9 Å². The van der Waals surface area contributed by atoms with Crippen LogP contribution in [0.1, 0.15) is 5.56 Å². The van der Waals surface area contributed by atoms with Gasteiger partial charge in [-0.3, -0.25) is 4.79 Å². The summed E-state index contributed by atoms with van der Waals surface area (Å²) < 4.78 is 23.7. The van der Waals surface area contributed by atoms with E-state index < -0.39 is 0 Å². The van der Waals surface area contributed by atoms with E-state index in [0.29, 0.717) is 27.7 Å². The van der Waals surface area contributed by atoms with Gasteiger partial charge in [-0.25, -0.2) is 4.39 Å². The summed E-state index contributed by atoms with van der Waals surface area (Å²) in [6.07, 6.45) is 1.82. The number of hydrogen-bond donors (Lipinski definition) is 2. The molecule has 25 heavy (non-hydrogen) atoms. The van der Waals surface area contributed by atoms with Crippen LogP contribution in [0.4, 0.5) is 10.1 Å². The standard InChI is InChI=1S/C18H16ClFN2O3/c1-24-16-8-15(17(25-2)7-13(16)19)22-18(23)5-10-9-21-14-6-11(20)3-4-12(10)14/h3-4,6-9,21H,5H2,1-2H3,(H,22,23). The largest absolute Gasteiger partial charge is 0.495 e. The first kappa shape index (κ1) is 17.1. The van der Waals surface area contributed by atoms with Crippen LogP contribution in [0.3, 0.4) is 0 Å². The van der Waals surface area contributed by atoms with Crippen LogP contribution in [0.2, 0.25) is 5.02 Å². The molecular formula is C18H16ClFN2O3. The molecule has 0 atom stereocenters. The molecule has 2 N–H and O–H groups in total. The van der Waals surface area contributed by atoms with Crippen molar-refractivity contribution in [1.82, 2.24) is 4.98 Å². The quantitative estimate of drug-likeness (QED) is 0.716. The van der Waals surface area contributed by atoms with Crippen LogP contribution in [0, 0.1) is 5.82 Å². The minimum Gasteiger partial charge on any atom is -0.495 e. The zero-order chi connectivity index (χ0) is 18.0. The van der Waals surface area contributed by atoms with Gasteiger partial charge in [0.25, 0.3) is 0 Å². The monoisotopic (exact) mass is 362 g/mol. The van der Waals surface area contributed by atoms with E-state index in [9.17, 15) is 9.18 Å². The maximum Gasteiger partial charge on any atom is 0.228 e. The first-order chi connectivity index (χ1) is 12.0. The number of fused-ring (bicyclic) bond motifs is 1. The molecule has 0 bridgehead atoms. The molecule has 1 heterocycles. The van der Waals surface area contributed by atoms with Gasteiger partial charge in [-0.1, -0.05) is 11.6 Å². The topological polar surface area (TPSA) is 63.3 Å². The van der Waals surface area contributed by atoms with Gasteiger partial charge in [0.05, 0.1) is 31.4 Å². The van der Waals surface area contributed by atoms with E-state index >= 15 is 0 Å². The van der Waals surface area contributed by atoms with Crippen molar-refractivity contribution in [2.45, 2.75) is 6.42 Å². The van der Waals surface area contributed by atoms with Crippen molar-refractivity contribution in [1.29, 1.82) is 0 Å². The minimum atomic E-state index is -0.330. The Morgan fingerprint density at radius 2 is 1.96 bits per heavy atom. The van der Waals surface area contributed by atoms with Crippen molar-refractivity contribution in [3.8, 4) is 11.5 Å². The second-order valence-electron chi connectivity index (χ2n) is 5.42. The summed E-state index contributed by atoms with van der Waals surface area (Å²) in [5, 5.41) is 3.98. The molecule has 0 radical (unpaired) electrons. The van der Waals surface area contributed by atoms with Crippen LogP contribution in [-0.4, -0.2) is 25.1 Å². The fourth-order valence-corrected chi connectivity index (χ4v) is 2.86. The van der Waals surface area contributed by atoms with Crippen molar-refractivity contribution in [2.24, 2.45) is 0 Å². The Kier molecular flexibility index (Phi) is 4.81. The smallest absolute Gasteiger partial charge is 0.228 e. The molecule has 0 aliphatic carbocycles. The Balaban J connectivity index is 1.82. The van der Waals surface area contributed by atoms with Gasteiger partial charge in [0.2, 0.25) is 5.91 Å². The van der Waals surface area contributed by atoms with E-state index in [1.165, 1.54) is 26.4 Å². The van der Waals surface area contributed by atoms with Gasteiger partial charge < -0.3 is 19.8 Å². The number of nitrogens with one attached hydrogen (secondary N) is 2. The van der Waals surface area contributed by atoms with E-state index in [1.807, 2.05) is 0 Å². The van der Waals surface area contributed by atoms with Crippen LogP contribution < -0.4 is 14.8 Å². The molecule has 0 saturated carbocycles. The maximum absolute atomic E-state index is 13.2. The highest BCUT2D eigenvalue weighted by atomic mass is 35.5. The molecule has 3 rings (SSSR count). The zero-order valence-electron chi connectivity index (χ0n) is 13.7. The summed E-state index contributed by atoms with van der Waals surface area (Å²) in [5.74, 6) is 0.289. The van der Waals surface area contributed by atoms with Crippen molar-refractivity contribution in [3.05, 3.63) is 52.9 Å². The van der Waals surface area contributed by atoms with E-state index in [2.05, 4.69) is 10.3 Å². The molecule has 1 aromatic heterocycles. The molecule has 7 heteroatoms. The lowest BCUT2D eigenvalue weighted by molar-refractivity contribution is -0.115. The summed E-state index contributed by atoms with van der Waals surface area (Å²) in [6.45, 7) is 0. The normalized spacial score (nSPS) is 10.7. The van der Waals surface area contributed by atoms with Crippen LogP contribution in [-0.2, 0) is 11.2 Å². The van der Waals surface area contributed by atoms with Gasteiger partial charge in [0.1, 0.15) is 17.3 Å². The first-order valence-corrected chi connectivity index (χ1v) is 7.86. The predicted molar refractivity (Wildman–Crippen MR) is 95.1 cm³/mol. The zero-order valence-corrected chi connectivity index (χ0v) is 14.4. The highest BCUT2D eigenvalue weighted by Crippen LogP contribution is 2.36. The Hall–Kier alpha value is -2.73. The number of benzene rings is 2. The SMILES string of the molecule is COc1cc(NC(=O)Cc2c[nH]c3cc(F)ccc23)c(OC)cc1Cl. The van der Waals surface area contributed by atoms with Crippen molar-refractivity contribution < 1.29 is 18.7 Å². The fourth-order valence-electron chi connectivity index (χ4n) is 2.63. The molecule has 1 amide bonds. The van der Waals surface area contributed by atoms with E-state index in [-0.39, 0.29) is 18.1 Å². The van der Waals surface area contributed by atoms with Crippen LogP contribution in [0.5, 0.6) is 11.5 Å². The van der Waals surface area contributed by atoms with Gasteiger partial charge >= 0.3 is 0 Å². The number of halogens is 2. The summed E-state index contributed by atoms with van der Waals surface area (Å²) >= 11 is 6.06. The third-order valence-corrected chi connectivity index (χ3v) is 4.12. The number of anilines is 1. The van der Waals surface area contributed by atoms with Crippen molar-refractivity contribution in [2.75, 3.05) is 19.5 Å². The third kappa shape index (κ3) is 3.53. The van der Waals surface area contributed by atoms with E-state index in [1.54, 1.807) is 24.4 Å². The molecule has 130 valence electrons. The number of ether oxygens (including phenoxy) is 2. The molecule has 0 aliphatic rings. The van der Waals surface area contributed by atoms with Gasteiger partial charge in [0.15, 0.2) is 0 Å². The maximum atomic E-state index is 13.2. The number of aromatic amines is 1. The number of H-pyrrole nitrogens is 1. The number of rotatable bonds is 5. The Morgan fingerprint density at radius 3 is 2.68 bits per heavy atom. The molecule has 0 saturated heterocycles. The summed E-state index contributed by atoms with van der Waals surface area (Å²) in [4.78, 5) is 15.4. The Morgan fingerprint density at radius 1 is 1.20 bits per heavy atom. The number of carbonyl (C=O) groups excluding carboxylic acids is 1. The lowest BCUT2D eigenvalue weighted by Crippen LogP contribution is -2.15. The Bertz CT molecular complexity index is 939. The second kappa shape index (κ2) is 7.03. The molecule has 2 aromatic carbocycles. The molecule has 0 fully saturated rings. The average Bonchev–Trinajstić information content (AvgIpc) is 2.97. The third-order valence-electron chi connectivity index (χ3n) is 3.83. The van der Waals surface area contributed by atoms with Crippen LogP contribution >= 0.6 is 11.6 Å². The van der Waals surface area contributed by atoms with Crippen LogP contribution in [0.15, 0.2) is 36.5 Å². The molecule has 0 aliphatic heterocycles. The second-order valence-corrected chi connectivity index (χ2v) is 5.82. The van der Waals surface area contributed by atoms with Gasteiger partial charge in [-0.15, -0.1) is 0 Å². The number of carbonyl (C=O) groups is 1. The molecule has 0 unspecified atom stereocenters. The lowest BCUT2D eigenvalue weighted by Gasteiger charge is -2.13. The number of hydrogen-bond acceptors (Lipinski definition) is 3. The number of methoxy groups -OCH3 is 2. The van der Waals surface area contributed by atoms with Gasteiger partial charge in [-0.05, 0) is 23.8 Å². The average molecular weight is 363 g/mol. The molecule has 5 nitrogen and oxygen atoms in total. The van der Waals surface area contributed by atoms with E-state index in [0.717, 1.165) is 10.9 Å². The Labute approximate surface area is 148 Å². The fraction of sp³-hybridized carbons (Fsp3) is 0.167. The molecule has 0 spiro atoms. The highest BCUT2D eigenvalue weighted by Gasteiger charge is 2.14. The van der Waals surface area contributed by atoms with Crippen molar-refractivity contribution in [3.63, 3.8) is 0 Å². The summed E-state index contributed by atoms with van der Waals surface area (Å²) in [7, 11) is 2.98. The van der Waals surface area contributed by atoms with E-state index in [4.69, 9.17) is 21.1 Å². The number of aromatic nitrogens is 1. The molecular weight excluding hydrogens is 347 g/mol. The predicted octanol–water partition coefficient (Wildman–Crippen LogP) is 4.16. The summed E-state index contributed by atoms with van der Waals surface area (Å²) in [6, 6.07) is 7.58. The summed E-state index contributed by atoms with van der Waals surface area (Å²) in [5.41, 5.74) is 1.88. The first-order valence-electron chi connectivity index (χ1n) is 7.48. The van der Waals surface area contributed by atoms with Crippen molar-refractivity contribution >= 4 is 34.1 Å². The van der Waals surface area contributed by atoms with Gasteiger partial charge in [-0.2, -0.15) is 0 Å². The van der Waals surface area contributed by atoms with Gasteiger partial charge in [0, 0.05) is 29.2 Å². The molecule has 3 aromatic rings. The minimum absolute atomic E-state index is 0.125. The lowest BCUT2D eigenvalue weighted by atomic mass is 10.1. The number of amides is 1. The highest BCUT2D eigenvalue weighted by molar-refractivity contribution is 6.32.